The molecule has 3 aliphatic rings. The minimum atomic E-state index is -0.377. The zero-order valence-corrected chi connectivity index (χ0v) is 19.7. The van der Waals surface area contributed by atoms with Crippen molar-refractivity contribution in [1.82, 2.24) is 15.1 Å². The van der Waals surface area contributed by atoms with Gasteiger partial charge in [-0.15, -0.1) is 0 Å². The van der Waals surface area contributed by atoms with Gasteiger partial charge < -0.3 is 15.0 Å². The molecule has 1 N–H and O–H groups in total. The van der Waals surface area contributed by atoms with Crippen LogP contribution in [-0.2, 0) is 16.1 Å². The Morgan fingerprint density at radius 3 is 2.70 bits per heavy atom. The molecule has 0 radical (unpaired) electrons. The number of fused-ring (bicyclic) bond motifs is 1. The summed E-state index contributed by atoms with van der Waals surface area (Å²) >= 11 is 0. The van der Waals surface area contributed by atoms with Crippen molar-refractivity contribution >= 4 is 23.4 Å². The second kappa shape index (κ2) is 8.82. The van der Waals surface area contributed by atoms with E-state index in [1.165, 1.54) is 6.42 Å². The molecule has 1 aromatic heterocycles. The molecule has 5 rings (SSSR count). The molecule has 8 heteroatoms. The molecule has 2 fully saturated rings. The zero-order valence-electron chi connectivity index (χ0n) is 19.7. The Hall–Kier alpha value is -2.87. The molecule has 2 aliphatic heterocycles. The molecule has 3 heterocycles. The molecule has 0 bridgehead atoms. The Morgan fingerprint density at radius 2 is 2.00 bits per heavy atom. The number of nitrogens with one attached hydrogen (secondary N) is 1. The van der Waals surface area contributed by atoms with Crippen molar-refractivity contribution in [3.63, 3.8) is 0 Å². The molecule has 1 aromatic carbocycles. The number of benzene rings is 1. The highest BCUT2D eigenvalue weighted by atomic mass is 16.6. The van der Waals surface area contributed by atoms with Crippen molar-refractivity contribution in [3.8, 4) is 11.1 Å². The van der Waals surface area contributed by atoms with E-state index in [0.717, 1.165) is 55.0 Å². The largest absolute Gasteiger partial charge is 0.446 e. The number of anilines is 2. The van der Waals surface area contributed by atoms with Gasteiger partial charge in [0.2, 0.25) is 5.91 Å². The molecular formula is C25H33N5O3. The summed E-state index contributed by atoms with van der Waals surface area (Å²) in [6.07, 6.45) is 6.42. The standard InChI is InChI=1S/C25H33N5O3/c1-16(2)33-25(32)29-13-17(3)30(24(31)19-4-5-19)22-7-6-20(10-23(22)29)21-12-27-28(15-21)14-18-8-9-26-11-18/h6-7,10,12,15-19,26H,4-5,8-9,11,13-14H2,1-3H3/t17-,18-/m0/s1. The third kappa shape index (κ3) is 4.49. The highest BCUT2D eigenvalue weighted by Gasteiger charge is 2.41. The number of aromatic nitrogens is 2. The van der Waals surface area contributed by atoms with Gasteiger partial charge in [0.15, 0.2) is 0 Å². The van der Waals surface area contributed by atoms with Crippen LogP contribution in [-0.4, -0.2) is 53.6 Å². The number of hydrogen-bond acceptors (Lipinski definition) is 5. The van der Waals surface area contributed by atoms with Crippen LogP contribution in [0.4, 0.5) is 16.2 Å². The topological polar surface area (TPSA) is 79.7 Å². The van der Waals surface area contributed by atoms with E-state index in [2.05, 4.69) is 16.6 Å². The summed E-state index contributed by atoms with van der Waals surface area (Å²) in [5, 5.41) is 7.97. The van der Waals surface area contributed by atoms with Crippen molar-refractivity contribution < 1.29 is 14.3 Å². The Bertz CT molecular complexity index is 1040. The lowest BCUT2D eigenvalue weighted by Crippen LogP contribution is -2.52. The van der Waals surface area contributed by atoms with Crippen molar-refractivity contribution in [3.05, 3.63) is 30.6 Å². The normalized spacial score (nSPS) is 22.5. The SMILES string of the molecule is CC(C)OC(=O)N1C[C@H](C)N(C(=O)C2CC2)c2ccc(-c3cnn(C[C@H]4CCNC4)c3)cc21. The molecule has 1 aliphatic carbocycles. The average Bonchev–Trinajstić information content (AvgIpc) is 3.31. The summed E-state index contributed by atoms with van der Waals surface area (Å²) in [5.41, 5.74) is 3.47. The average molecular weight is 452 g/mol. The number of rotatable bonds is 5. The van der Waals surface area contributed by atoms with E-state index in [-0.39, 0.29) is 30.1 Å². The fraction of sp³-hybridized carbons (Fsp3) is 0.560. The van der Waals surface area contributed by atoms with Crippen LogP contribution in [0.25, 0.3) is 11.1 Å². The second-order valence-corrected chi connectivity index (χ2v) is 9.89. The van der Waals surface area contributed by atoms with E-state index in [1.54, 1.807) is 4.90 Å². The van der Waals surface area contributed by atoms with Crippen molar-refractivity contribution in [2.75, 3.05) is 29.4 Å². The smallest absolute Gasteiger partial charge is 0.414 e. The second-order valence-electron chi connectivity index (χ2n) is 9.89. The van der Waals surface area contributed by atoms with Crippen LogP contribution in [0.15, 0.2) is 30.6 Å². The van der Waals surface area contributed by atoms with E-state index >= 15 is 0 Å². The first-order valence-electron chi connectivity index (χ1n) is 12.1. The van der Waals surface area contributed by atoms with Crippen LogP contribution in [0.3, 0.4) is 0 Å². The fourth-order valence-corrected chi connectivity index (χ4v) is 4.85. The van der Waals surface area contributed by atoms with Gasteiger partial charge in [0.1, 0.15) is 0 Å². The maximum Gasteiger partial charge on any atom is 0.414 e. The lowest BCUT2D eigenvalue weighted by Gasteiger charge is -2.41. The summed E-state index contributed by atoms with van der Waals surface area (Å²) in [6, 6.07) is 5.87. The summed E-state index contributed by atoms with van der Waals surface area (Å²) in [6.45, 7) is 9.10. The van der Waals surface area contributed by atoms with Gasteiger partial charge in [-0.3, -0.25) is 14.4 Å². The predicted molar refractivity (Wildman–Crippen MR) is 127 cm³/mol. The first-order chi connectivity index (χ1) is 15.9. The lowest BCUT2D eigenvalue weighted by atomic mass is 10.0. The van der Waals surface area contributed by atoms with Gasteiger partial charge in [-0.2, -0.15) is 5.10 Å². The Labute approximate surface area is 194 Å². The van der Waals surface area contributed by atoms with Crippen LogP contribution in [0.5, 0.6) is 0 Å². The number of nitrogens with zero attached hydrogens (tertiary/aromatic N) is 4. The van der Waals surface area contributed by atoms with Crippen LogP contribution in [0, 0.1) is 11.8 Å². The third-order valence-corrected chi connectivity index (χ3v) is 6.71. The number of ether oxygens (including phenoxy) is 1. The van der Waals surface area contributed by atoms with Gasteiger partial charge >= 0.3 is 6.09 Å². The Morgan fingerprint density at radius 1 is 1.18 bits per heavy atom. The molecule has 176 valence electrons. The molecule has 0 unspecified atom stereocenters. The Kier molecular flexibility index (Phi) is 5.86. The van der Waals surface area contributed by atoms with Crippen molar-refractivity contribution in [1.29, 1.82) is 0 Å². The van der Waals surface area contributed by atoms with Gasteiger partial charge in [-0.05, 0) is 76.7 Å². The summed E-state index contributed by atoms with van der Waals surface area (Å²) in [5.74, 6) is 0.870. The van der Waals surface area contributed by atoms with E-state index < -0.39 is 0 Å². The van der Waals surface area contributed by atoms with Crippen LogP contribution >= 0.6 is 0 Å². The van der Waals surface area contributed by atoms with Crippen molar-refractivity contribution in [2.45, 2.75) is 58.7 Å². The van der Waals surface area contributed by atoms with E-state index in [1.807, 2.05) is 54.7 Å². The molecule has 2 aromatic rings. The molecule has 1 saturated carbocycles. The summed E-state index contributed by atoms with van der Waals surface area (Å²) < 4.78 is 7.54. The zero-order chi connectivity index (χ0) is 23.1. The lowest BCUT2D eigenvalue weighted by molar-refractivity contribution is -0.120. The molecule has 2 atom stereocenters. The third-order valence-electron chi connectivity index (χ3n) is 6.71. The van der Waals surface area contributed by atoms with Crippen LogP contribution < -0.4 is 15.1 Å². The highest BCUT2D eigenvalue weighted by Crippen LogP contribution is 2.42. The van der Waals surface area contributed by atoms with Gasteiger partial charge in [0.05, 0.1) is 29.7 Å². The van der Waals surface area contributed by atoms with Gasteiger partial charge in [-0.1, -0.05) is 6.07 Å². The van der Waals surface area contributed by atoms with Gasteiger partial charge in [-0.25, -0.2) is 4.79 Å². The quantitative estimate of drug-likeness (QED) is 0.751. The Balaban J connectivity index is 1.48. The van der Waals surface area contributed by atoms with Gasteiger partial charge in [0, 0.05) is 30.8 Å². The fourth-order valence-electron chi connectivity index (χ4n) is 4.85. The maximum absolute atomic E-state index is 13.1. The molecular weight excluding hydrogens is 418 g/mol. The number of hydrogen-bond donors (Lipinski definition) is 1. The number of carbonyl (C=O) groups is 2. The summed E-state index contributed by atoms with van der Waals surface area (Å²) in [7, 11) is 0. The van der Waals surface area contributed by atoms with E-state index in [4.69, 9.17) is 4.74 Å². The van der Waals surface area contributed by atoms with Crippen molar-refractivity contribution in [2.24, 2.45) is 11.8 Å². The molecule has 1 saturated heterocycles. The van der Waals surface area contributed by atoms with Crippen LogP contribution in [0.1, 0.15) is 40.0 Å². The van der Waals surface area contributed by atoms with E-state index in [0.29, 0.717) is 12.5 Å². The first kappa shape index (κ1) is 21.9. The maximum atomic E-state index is 13.1. The first-order valence-corrected chi connectivity index (χ1v) is 12.1. The predicted octanol–water partition coefficient (Wildman–Crippen LogP) is 3.66. The summed E-state index contributed by atoms with van der Waals surface area (Å²) in [4.78, 5) is 29.6. The monoisotopic (exact) mass is 451 g/mol. The molecule has 2 amide bonds. The molecule has 8 nitrogen and oxygen atoms in total. The molecule has 33 heavy (non-hydrogen) atoms. The van der Waals surface area contributed by atoms with Gasteiger partial charge in [0.25, 0.3) is 0 Å². The number of carbonyl (C=O) groups excluding carboxylic acids is 2. The minimum absolute atomic E-state index is 0.109. The minimum Gasteiger partial charge on any atom is -0.446 e. The number of amides is 2. The van der Waals surface area contributed by atoms with Crippen LogP contribution in [0.2, 0.25) is 0 Å². The van der Waals surface area contributed by atoms with E-state index in [9.17, 15) is 9.59 Å². The molecule has 0 spiro atoms. The highest BCUT2D eigenvalue weighted by molar-refractivity contribution is 6.05.